The van der Waals surface area contributed by atoms with Gasteiger partial charge in [-0.3, -0.25) is 14.3 Å². The van der Waals surface area contributed by atoms with Crippen LogP contribution in [0.4, 0.5) is 0 Å². The number of aliphatic hydroxyl groups excluding tert-OH is 1. The second kappa shape index (κ2) is 9.39. The molecule has 22 heavy (non-hydrogen) atoms. The lowest BCUT2D eigenvalue weighted by molar-refractivity contribution is -0.131. The number of rotatable bonds is 4. The molecule has 1 amide bonds. The number of aliphatic hydroxyl groups is 1. The topological polar surface area (TPSA) is 108 Å². The van der Waals surface area contributed by atoms with Crippen LogP contribution in [0.25, 0.3) is 0 Å². The van der Waals surface area contributed by atoms with Gasteiger partial charge in [-0.05, 0) is 13.5 Å². The van der Waals surface area contributed by atoms with Crippen molar-refractivity contribution in [2.45, 2.75) is 19.1 Å². The van der Waals surface area contributed by atoms with Gasteiger partial charge in [0.1, 0.15) is 0 Å². The highest BCUT2D eigenvalue weighted by atomic mass is 35.5. The minimum atomic E-state index is -0.546. The molecule has 0 unspecified atom stereocenters. The molecule has 0 bridgehead atoms. The van der Waals surface area contributed by atoms with E-state index in [9.17, 15) is 9.90 Å². The Kier molecular flexibility index (Phi) is 7.86. The van der Waals surface area contributed by atoms with Gasteiger partial charge in [-0.25, -0.2) is 0 Å². The lowest BCUT2D eigenvalue weighted by atomic mass is 9.94. The van der Waals surface area contributed by atoms with Crippen molar-refractivity contribution in [3.05, 3.63) is 17.4 Å². The van der Waals surface area contributed by atoms with Crippen LogP contribution in [0.15, 0.2) is 12.4 Å². The Balaban J connectivity index is 0.000000745. The first-order valence-electron chi connectivity index (χ1n) is 6.88. The molecule has 2 rings (SSSR count). The fourth-order valence-electron chi connectivity index (χ4n) is 2.25. The summed E-state index contributed by atoms with van der Waals surface area (Å²) < 4.78 is 1.67. The Morgan fingerprint density at radius 1 is 1.64 bits per heavy atom. The lowest BCUT2D eigenvalue weighted by Gasteiger charge is -2.32. The van der Waals surface area contributed by atoms with E-state index >= 15 is 0 Å². The Bertz CT molecular complexity index is 482. The van der Waals surface area contributed by atoms with E-state index in [1.807, 2.05) is 7.05 Å². The summed E-state index contributed by atoms with van der Waals surface area (Å²) in [6, 6.07) is 0. The third-order valence-corrected chi connectivity index (χ3v) is 3.55. The summed E-state index contributed by atoms with van der Waals surface area (Å²) in [5.74, 6) is -0.447. The average Bonchev–Trinajstić information content (AvgIpc) is 2.88. The van der Waals surface area contributed by atoms with Gasteiger partial charge in [0.25, 0.3) is 6.47 Å². The molecule has 1 aromatic heterocycles. The van der Waals surface area contributed by atoms with E-state index in [0.717, 1.165) is 6.54 Å². The number of aromatic nitrogens is 2. The number of hydrogen-bond acceptors (Lipinski definition) is 5. The summed E-state index contributed by atoms with van der Waals surface area (Å²) in [5, 5.41) is 24.2. The Labute approximate surface area is 133 Å². The maximum absolute atomic E-state index is 12.0. The Morgan fingerprint density at radius 3 is 2.91 bits per heavy atom. The van der Waals surface area contributed by atoms with Crippen LogP contribution in [0.5, 0.6) is 0 Å². The molecule has 1 saturated heterocycles. The van der Waals surface area contributed by atoms with E-state index < -0.39 is 6.10 Å². The average molecular weight is 333 g/mol. The molecule has 1 aromatic rings. The van der Waals surface area contributed by atoms with Crippen LogP contribution in [0.1, 0.15) is 6.42 Å². The van der Waals surface area contributed by atoms with Crippen molar-refractivity contribution in [1.29, 1.82) is 0 Å². The van der Waals surface area contributed by atoms with Crippen molar-refractivity contribution >= 4 is 24.0 Å². The quantitative estimate of drug-likeness (QED) is 0.651. The maximum Gasteiger partial charge on any atom is 0.290 e. The van der Waals surface area contributed by atoms with Crippen LogP contribution in [0.2, 0.25) is 5.02 Å². The fourth-order valence-corrected chi connectivity index (χ4v) is 2.40. The first-order valence-corrected chi connectivity index (χ1v) is 7.25. The number of nitrogens with one attached hydrogen (secondary N) is 1. The predicted octanol–water partition coefficient (Wildman–Crippen LogP) is -0.334. The number of amides is 1. The van der Waals surface area contributed by atoms with E-state index in [0.29, 0.717) is 31.1 Å². The highest BCUT2D eigenvalue weighted by molar-refractivity contribution is 6.30. The molecule has 3 N–H and O–H groups in total. The molecule has 0 radical (unpaired) electrons. The van der Waals surface area contributed by atoms with Gasteiger partial charge in [0, 0.05) is 25.8 Å². The largest absolute Gasteiger partial charge is 0.483 e. The molecule has 2 heterocycles. The van der Waals surface area contributed by atoms with Crippen LogP contribution in [0.3, 0.4) is 0 Å². The van der Waals surface area contributed by atoms with Gasteiger partial charge in [-0.1, -0.05) is 11.6 Å². The predicted molar refractivity (Wildman–Crippen MR) is 80.6 cm³/mol. The molecule has 0 saturated carbocycles. The summed E-state index contributed by atoms with van der Waals surface area (Å²) >= 11 is 5.75. The molecule has 1 fully saturated rings. The van der Waals surface area contributed by atoms with Crippen LogP contribution in [-0.4, -0.2) is 70.1 Å². The fraction of sp³-hybridized carbons (Fsp3) is 0.615. The molecule has 8 nitrogen and oxygen atoms in total. The van der Waals surface area contributed by atoms with Crippen LogP contribution in [-0.2, 0) is 16.1 Å². The van der Waals surface area contributed by atoms with Crippen molar-refractivity contribution in [2.75, 3.05) is 26.7 Å². The SMILES string of the molecule is CN1CC[C@@H](O)[C@H](C(=O)NCCn2cc(Cl)cn2)C1.O=CO. The number of piperidine rings is 1. The summed E-state index contributed by atoms with van der Waals surface area (Å²) in [4.78, 5) is 22.4. The zero-order valence-corrected chi connectivity index (χ0v) is 13.1. The monoisotopic (exact) mass is 332 g/mol. The Hall–Kier alpha value is -1.64. The third-order valence-electron chi connectivity index (χ3n) is 3.36. The van der Waals surface area contributed by atoms with Gasteiger partial charge < -0.3 is 20.4 Å². The van der Waals surface area contributed by atoms with Crippen molar-refractivity contribution in [3.63, 3.8) is 0 Å². The first-order chi connectivity index (χ1) is 10.5. The van der Waals surface area contributed by atoms with Crippen LogP contribution >= 0.6 is 11.6 Å². The van der Waals surface area contributed by atoms with Crippen LogP contribution < -0.4 is 5.32 Å². The number of halogens is 1. The smallest absolute Gasteiger partial charge is 0.290 e. The summed E-state index contributed by atoms with van der Waals surface area (Å²) in [7, 11) is 1.96. The second-order valence-electron chi connectivity index (χ2n) is 5.04. The molecular weight excluding hydrogens is 312 g/mol. The van der Waals surface area contributed by atoms with Crippen molar-refractivity contribution < 1.29 is 19.8 Å². The molecule has 1 aliphatic rings. The van der Waals surface area contributed by atoms with E-state index in [2.05, 4.69) is 15.3 Å². The minimum absolute atomic E-state index is 0.0997. The van der Waals surface area contributed by atoms with Crippen LogP contribution in [0, 0.1) is 5.92 Å². The number of carboxylic acid groups (broad SMARTS) is 1. The summed E-state index contributed by atoms with van der Waals surface area (Å²) in [6.45, 7) is 2.22. The summed E-state index contributed by atoms with van der Waals surface area (Å²) in [6.07, 6.45) is 3.36. The zero-order chi connectivity index (χ0) is 16.5. The number of carbonyl (C=O) groups is 2. The molecule has 124 valence electrons. The van der Waals surface area contributed by atoms with Crippen molar-refractivity contribution in [3.8, 4) is 0 Å². The molecule has 0 spiro atoms. The van der Waals surface area contributed by atoms with Crippen molar-refractivity contribution in [1.82, 2.24) is 20.0 Å². The van der Waals surface area contributed by atoms with E-state index in [1.54, 1.807) is 17.1 Å². The lowest BCUT2D eigenvalue weighted by Crippen LogP contribution is -2.49. The molecule has 0 aromatic carbocycles. The highest BCUT2D eigenvalue weighted by Crippen LogP contribution is 2.16. The van der Waals surface area contributed by atoms with Gasteiger partial charge in [0.15, 0.2) is 0 Å². The molecule has 9 heteroatoms. The molecule has 2 atom stereocenters. The molecule has 1 aliphatic heterocycles. The normalized spacial score (nSPS) is 21.6. The highest BCUT2D eigenvalue weighted by Gasteiger charge is 2.31. The number of nitrogens with zero attached hydrogens (tertiary/aromatic N) is 3. The third kappa shape index (κ3) is 6.00. The van der Waals surface area contributed by atoms with Gasteiger partial charge in [-0.2, -0.15) is 5.10 Å². The van der Waals surface area contributed by atoms with E-state index in [1.165, 1.54) is 0 Å². The van der Waals surface area contributed by atoms with Crippen molar-refractivity contribution in [2.24, 2.45) is 5.92 Å². The first kappa shape index (κ1) is 18.4. The number of hydrogen-bond donors (Lipinski definition) is 3. The van der Waals surface area contributed by atoms with Gasteiger partial charge in [-0.15, -0.1) is 0 Å². The molecular formula is C13H21ClN4O4. The van der Waals surface area contributed by atoms with E-state index in [-0.39, 0.29) is 18.3 Å². The zero-order valence-electron chi connectivity index (χ0n) is 12.4. The second-order valence-corrected chi connectivity index (χ2v) is 5.48. The number of carbonyl (C=O) groups excluding carboxylic acids is 1. The van der Waals surface area contributed by atoms with Gasteiger partial charge >= 0.3 is 0 Å². The van der Waals surface area contributed by atoms with Gasteiger partial charge in [0.2, 0.25) is 5.91 Å². The standard InChI is InChI=1S/C12H19ClN4O2.CH2O2/c1-16-4-2-11(18)10(8-16)12(19)14-3-5-17-7-9(13)6-15-17;2-1-3/h6-7,10-11,18H,2-5,8H2,1H3,(H,14,19);1H,(H,2,3)/t10-,11-;/m1./s1. The molecule has 0 aliphatic carbocycles. The van der Waals surface area contributed by atoms with Gasteiger partial charge in [0.05, 0.1) is 29.8 Å². The minimum Gasteiger partial charge on any atom is -0.483 e. The summed E-state index contributed by atoms with van der Waals surface area (Å²) in [5.41, 5.74) is 0. The maximum atomic E-state index is 12.0. The number of likely N-dealkylation sites (tertiary alicyclic amines) is 1. The Morgan fingerprint density at radius 2 is 2.32 bits per heavy atom. The van der Waals surface area contributed by atoms with E-state index in [4.69, 9.17) is 21.5 Å².